The average molecular weight is 235 g/mol. The van der Waals surface area contributed by atoms with E-state index in [0.29, 0.717) is 18.8 Å². The third-order valence-corrected chi connectivity index (χ3v) is 2.07. The number of hydrogen-bond acceptors (Lipinski definition) is 3. The average Bonchev–Trinajstić information content (AvgIpc) is 2.33. The fourth-order valence-electron chi connectivity index (χ4n) is 1.25. The van der Waals surface area contributed by atoms with Gasteiger partial charge in [0.25, 0.3) is 0 Å². The quantitative estimate of drug-likeness (QED) is 0.340. The number of benzene rings is 1. The third-order valence-electron chi connectivity index (χ3n) is 2.07. The van der Waals surface area contributed by atoms with E-state index in [1.165, 1.54) is 0 Å². The lowest BCUT2D eigenvalue weighted by Gasteiger charge is -2.05. The fraction of sp³-hybridized carbons (Fsp3) is 0.364. The van der Waals surface area contributed by atoms with Crippen LogP contribution in [0.1, 0.15) is 12.0 Å². The second-order valence-corrected chi connectivity index (χ2v) is 3.34. The molecular weight excluding hydrogens is 222 g/mol. The number of azide groups is 1. The first-order valence-corrected chi connectivity index (χ1v) is 5.17. The number of carbonyl (C=O) groups is 1. The van der Waals surface area contributed by atoms with Crippen LogP contribution in [-0.2, 0) is 11.2 Å². The van der Waals surface area contributed by atoms with Crippen molar-refractivity contribution in [2.24, 2.45) is 5.11 Å². The zero-order chi connectivity index (χ0) is 12.5. The van der Waals surface area contributed by atoms with Crippen LogP contribution in [0.2, 0.25) is 0 Å². The molecular formula is C11H13N3O3. The molecule has 6 heteroatoms. The third kappa shape index (κ3) is 5.44. The Morgan fingerprint density at radius 2 is 2.12 bits per heavy atom. The molecule has 90 valence electrons. The van der Waals surface area contributed by atoms with E-state index < -0.39 is 5.97 Å². The molecule has 0 heterocycles. The molecule has 0 aliphatic heterocycles. The molecule has 1 aromatic carbocycles. The Morgan fingerprint density at radius 1 is 1.41 bits per heavy atom. The van der Waals surface area contributed by atoms with E-state index in [0.717, 1.165) is 5.56 Å². The Balaban J connectivity index is 2.38. The van der Waals surface area contributed by atoms with Gasteiger partial charge in [-0.2, -0.15) is 0 Å². The summed E-state index contributed by atoms with van der Waals surface area (Å²) in [5.41, 5.74) is 9.01. The zero-order valence-corrected chi connectivity index (χ0v) is 9.24. The number of carboxylic acids is 1. The smallest absolute Gasteiger partial charge is 0.303 e. The van der Waals surface area contributed by atoms with Crippen LogP contribution in [0, 0.1) is 0 Å². The van der Waals surface area contributed by atoms with Crippen molar-refractivity contribution in [3.05, 3.63) is 40.3 Å². The molecule has 0 saturated carbocycles. The Kier molecular flexibility index (Phi) is 5.40. The van der Waals surface area contributed by atoms with Gasteiger partial charge in [-0.25, -0.2) is 0 Å². The van der Waals surface area contributed by atoms with Gasteiger partial charge in [0.05, 0.1) is 13.2 Å². The Hall–Kier alpha value is -2.20. The van der Waals surface area contributed by atoms with Crippen molar-refractivity contribution in [2.45, 2.75) is 12.8 Å². The molecule has 0 spiro atoms. The summed E-state index contributed by atoms with van der Waals surface area (Å²) in [4.78, 5) is 13.0. The number of aryl methyl sites for hydroxylation is 1. The van der Waals surface area contributed by atoms with Gasteiger partial charge >= 0.3 is 5.97 Å². The molecule has 17 heavy (non-hydrogen) atoms. The lowest BCUT2D eigenvalue weighted by Crippen LogP contribution is -2.00. The molecule has 0 aliphatic carbocycles. The number of aliphatic carboxylic acids is 1. The molecule has 0 aromatic heterocycles. The predicted octanol–water partition coefficient (Wildman–Crippen LogP) is 2.39. The van der Waals surface area contributed by atoms with Crippen molar-refractivity contribution in [3.63, 3.8) is 0 Å². The summed E-state index contributed by atoms with van der Waals surface area (Å²) in [6.07, 6.45) is 0.630. The molecule has 1 N–H and O–H groups in total. The van der Waals surface area contributed by atoms with E-state index in [-0.39, 0.29) is 13.0 Å². The van der Waals surface area contributed by atoms with Gasteiger partial charge in [0.1, 0.15) is 5.75 Å². The lowest BCUT2D eigenvalue weighted by atomic mass is 10.1. The van der Waals surface area contributed by atoms with Gasteiger partial charge in [-0.15, -0.1) is 0 Å². The van der Waals surface area contributed by atoms with E-state index in [2.05, 4.69) is 10.0 Å². The fourth-order valence-corrected chi connectivity index (χ4v) is 1.25. The van der Waals surface area contributed by atoms with Crippen LogP contribution in [0.3, 0.4) is 0 Å². The molecule has 0 atom stereocenters. The molecule has 0 radical (unpaired) electrons. The van der Waals surface area contributed by atoms with Gasteiger partial charge in [0.15, 0.2) is 0 Å². The minimum atomic E-state index is -0.806. The number of carboxylic acid groups (broad SMARTS) is 1. The van der Waals surface area contributed by atoms with E-state index in [9.17, 15) is 4.79 Å². The second-order valence-electron chi connectivity index (χ2n) is 3.34. The van der Waals surface area contributed by atoms with E-state index >= 15 is 0 Å². The number of rotatable bonds is 7. The maximum atomic E-state index is 10.4. The SMILES string of the molecule is [N-]=[N+]=NCCOc1ccc(CCC(=O)O)cc1. The van der Waals surface area contributed by atoms with Crippen LogP contribution < -0.4 is 4.74 Å². The Morgan fingerprint density at radius 3 is 2.71 bits per heavy atom. The summed E-state index contributed by atoms with van der Waals surface area (Å²) in [6.45, 7) is 0.621. The van der Waals surface area contributed by atoms with Crippen LogP contribution >= 0.6 is 0 Å². The second kappa shape index (κ2) is 7.14. The zero-order valence-electron chi connectivity index (χ0n) is 9.24. The van der Waals surface area contributed by atoms with Gasteiger partial charge in [-0.05, 0) is 29.6 Å². The number of hydrogen-bond donors (Lipinski definition) is 1. The van der Waals surface area contributed by atoms with Crippen LogP contribution in [0.5, 0.6) is 5.75 Å². The maximum absolute atomic E-state index is 10.4. The molecule has 0 fully saturated rings. The van der Waals surface area contributed by atoms with Gasteiger partial charge in [0.2, 0.25) is 0 Å². The van der Waals surface area contributed by atoms with Gasteiger partial charge in [0, 0.05) is 11.3 Å². The molecule has 0 bridgehead atoms. The summed E-state index contributed by atoms with van der Waals surface area (Å²) >= 11 is 0. The topological polar surface area (TPSA) is 95.3 Å². The van der Waals surface area contributed by atoms with E-state index in [4.69, 9.17) is 15.4 Å². The van der Waals surface area contributed by atoms with Crippen LogP contribution in [0.15, 0.2) is 29.4 Å². The highest BCUT2D eigenvalue weighted by atomic mass is 16.5. The monoisotopic (exact) mass is 235 g/mol. The highest BCUT2D eigenvalue weighted by Gasteiger charge is 1.99. The first kappa shape index (κ1) is 12.9. The van der Waals surface area contributed by atoms with Crippen molar-refractivity contribution < 1.29 is 14.6 Å². The molecule has 0 amide bonds. The van der Waals surface area contributed by atoms with Crippen LogP contribution in [0.25, 0.3) is 10.4 Å². The minimum Gasteiger partial charge on any atom is -0.493 e. The Bertz CT molecular complexity index is 410. The van der Waals surface area contributed by atoms with E-state index in [1.54, 1.807) is 12.1 Å². The van der Waals surface area contributed by atoms with Crippen molar-refractivity contribution in [1.82, 2.24) is 0 Å². The molecule has 0 saturated heterocycles. The molecule has 6 nitrogen and oxygen atoms in total. The standard InChI is InChI=1S/C11H13N3O3/c12-14-13-7-8-17-10-4-1-9(2-5-10)3-6-11(15)16/h1-2,4-5H,3,6-8H2,(H,15,16). The summed E-state index contributed by atoms with van der Waals surface area (Å²) in [5, 5.41) is 11.9. The lowest BCUT2D eigenvalue weighted by molar-refractivity contribution is -0.136. The van der Waals surface area contributed by atoms with E-state index in [1.807, 2.05) is 12.1 Å². The van der Waals surface area contributed by atoms with Gasteiger partial charge < -0.3 is 9.84 Å². The normalized spacial score (nSPS) is 9.41. The largest absolute Gasteiger partial charge is 0.493 e. The van der Waals surface area contributed by atoms with Crippen molar-refractivity contribution >= 4 is 5.97 Å². The Labute approximate surface area is 98.5 Å². The van der Waals surface area contributed by atoms with Crippen LogP contribution in [0.4, 0.5) is 0 Å². The van der Waals surface area contributed by atoms with Crippen LogP contribution in [-0.4, -0.2) is 24.2 Å². The molecule has 0 aliphatic rings. The van der Waals surface area contributed by atoms with Gasteiger partial charge in [-0.1, -0.05) is 17.2 Å². The minimum absolute atomic E-state index is 0.122. The summed E-state index contributed by atoms with van der Waals surface area (Å²) in [7, 11) is 0. The van der Waals surface area contributed by atoms with Gasteiger partial charge in [-0.3, -0.25) is 4.79 Å². The predicted molar refractivity (Wildman–Crippen MR) is 61.9 cm³/mol. The maximum Gasteiger partial charge on any atom is 0.303 e. The summed E-state index contributed by atoms with van der Waals surface area (Å²) < 4.78 is 5.31. The van der Waals surface area contributed by atoms with Crippen molar-refractivity contribution in [3.8, 4) is 5.75 Å². The van der Waals surface area contributed by atoms with Crippen molar-refractivity contribution in [1.29, 1.82) is 0 Å². The highest BCUT2D eigenvalue weighted by Crippen LogP contribution is 2.13. The summed E-state index contributed by atoms with van der Waals surface area (Å²) in [6, 6.07) is 7.19. The molecule has 1 rings (SSSR count). The molecule has 0 unspecified atom stereocenters. The molecule has 1 aromatic rings. The highest BCUT2D eigenvalue weighted by molar-refractivity contribution is 5.67. The first-order chi connectivity index (χ1) is 8.22. The summed E-state index contributed by atoms with van der Waals surface area (Å²) in [5.74, 6) is -0.128. The van der Waals surface area contributed by atoms with Crippen molar-refractivity contribution in [2.75, 3.05) is 13.2 Å². The number of nitrogens with zero attached hydrogens (tertiary/aromatic N) is 3. The number of ether oxygens (including phenoxy) is 1. The first-order valence-electron chi connectivity index (χ1n) is 5.17.